The maximum atomic E-state index is 4.07. The molecule has 1 aliphatic carbocycles. The van der Waals surface area contributed by atoms with Gasteiger partial charge >= 0.3 is 0 Å². The molecule has 1 heterocycles. The Labute approximate surface area is 67.0 Å². The first-order valence-corrected chi connectivity index (χ1v) is 4.44. The van der Waals surface area contributed by atoms with Crippen LogP contribution in [0, 0.1) is 0 Å². The number of nitrogens with zero attached hydrogens (tertiary/aromatic N) is 1. The van der Waals surface area contributed by atoms with Crippen molar-refractivity contribution in [1.29, 1.82) is 0 Å². The Bertz CT molecular complexity index is 235. The van der Waals surface area contributed by atoms with Crippen LogP contribution < -0.4 is 0 Å². The van der Waals surface area contributed by atoms with E-state index in [1.54, 1.807) is 0 Å². The van der Waals surface area contributed by atoms with Gasteiger partial charge < -0.3 is 0 Å². The smallest absolute Gasteiger partial charge is 0.0522 e. The van der Waals surface area contributed by atoms with Gasteiger partial charge in [0.05, 0.1) is 6.20 Å². The van der Waals surface area contributed by atoms with E-state index in [4.69, 9.17) is 0 Å². The molecule has 1 aromatic heterocycles. The molecular weight excluding hydrogens is 136 g/mol. The zero-order valence-corrected chi connectivity index (χ0v) is 6.93. The summed E-state index contributed by atoms with van der Waals surface area (Å²) in [5, 5.41) is 7.18. The van der Waals surface area contributed by atoms with Crippen molar-refractivity contribution in [2.24, 2.45) is 0 Å². The Kier molecular flexibility index (Phi) is 1.68. The van der Waals surface area contributed by atoms with E-state index >= 15 is 0 Å². The van der Waals surface area contributed by atoms with Gasteiger partial charge in [0.15, 0.2) is 0 Å². The molecule has 0 atom stereocenters. The van der Waals surface area contributed by atoms with E-state index in [0.717, 1.165) is 12.3 Å². The molecule has 2 nitrogen and oxygen atoms in total. The molecule has 1 saturated carbocycles. The lowest BCUT2D eigenvalue weighted by Crippen LogP contribution is -2.10. The number of rotatable bonds is 2. The topological polar surface area (TPSA) is 28.7 Å². The van der Waals surface area contributed by atoms with Crippen LogP contribution in [0.2, 0.25) is 0 Å². The molecule has 2 heteroatoms. The second kappa shape index (κ2) is 2.68. The summed E-state index contributed by atoms with van der Waals surface area (Å²) in [7, 11) is 0. The highest BCUT2D eigenvalue weighted by atomic mass is 15.1. The predicted molar refractivity (Wildman–Crippen MR) is 44.6 cm³/mol. The van der Waals surface area contributed by atoms with Gasteiger partial charge in [-0.1, -0.05) is 13.3 Å². The maximum Gasteiger partial charge on any atom is 0.0522 e. The normalized spacial score (nSPS) is 18.3. The van der Waals surface area contributed by atoms with Crippen molar-refractivity contribution in [3.8, 4) is 0 Å². The molecule has 0 radical (unpaired) electrons. The van der Waals surface area contributed by atoms with Crippen LogP contribution in [-0.4, -0.2) is 10.2 Å². The largest absolute Gasteiger partial charge is 0.282 e. The lowest BCUT2D eigenvalue weighted by Gasteiger charge is -2.24. The molecule has 1 aliphatic rings. The lowest BCUT2D eigenvalue weighted by molar-refractivity contribution is 0.408. The third kappa shape index (κ3) is 1.06. The number of aryl methyl sites for hydroxylation is 1. The van der Waals surface area contributed by atoms with Gasteiger partial charge in [0, 0.05) is 11.6 Å². The van der Waals surface area contributed by atoms with Gasteiger partial charge in [-0.3, -0.25) is 5.10 Å². The minimum absolute atomic E-state index is 0.799. The average Bonchev–Trinajstić information content (AvgIpc) is 2.32. The first kappa shape index (κ1) is 6.89. The van der Waals surface area contributed by atoms with Crippen molar-refractivity contribution < 1.29 is 0 Å². The van der Waals surface area contributed by atoms with Crippen LogP contribution in [0.25, 0.3) is 0 Å². The van der Waals surface area contributed by atoms with Crippen molar-refractivity contribution in [1.82, 2.24) is 10.2 Å². The van der Waals surface area contributed by atoms with E-state index in [-0.39, 0.29) is 0 Å². The summed E-state index contributed by atoms with van der Waals surface area (Å²) in [6.45, 7) is 2.19. The molecule has 11 heavy (non-hydrogen) atoms. The molecule has 60 valence electrons. The van der Waals surface area contributed by atoms with Crippen molar-refractivity contribution in [3.63, 3.8) is 0 Å². The number of aromatic nitrogens is 2. The van der Waals surface area contributed by atoms with E-state index in [0.29, 0.717) is 0 Å². The Balaban J connectivity index is 2.20. The molecule has 0 unspecified atom stereocenters. The Hall–Kier alpha value is -0.790. The zero-order chi connectivity index (χ0) is 7.68. The Morgan fingerprint density at radius 3 is 3.00 bits per heavy atom. The molecule has 2 rings (SSSR count). The van der Waals surface area contributed by atoms with Crippen LogP contribution in [0.4, 0.5) is 0 Å². The number of nitrogens with one attached hydrogen (secondary N) is 1. The third-order valence-corrected chi connectivity index (χ3v) is 2.65. The number of aromatic amines is 1. The van der Waals surface area contributed by atoms with Crippen LogP contribution >= 0.6 is 0 Å². The fourth-order valence-electron chi connectivity index (χ4n) is 1.65. The highest BCUT2D eigenvalue weighted by Crippen LogP contribution is 2.36. The maximum absolute atomic E-state index is 4.07. The fourth-order valence-corrected chi connectivity index (χ4v) is 1.65. The van der Waals surface area contributed by atoms with Gasteiger partial charge in [-0.2, -0.15) is 5.10 Å². The second-order valence-corrected chi connectivity index (χ2v) is 3.29. The summed E-state index contributed by atoms with van der Waals surface area (Å²) in [6.07, 6.45) is 7.19. The third-order valence-electron chi connectivity index (χ3n) is 2.65. The second-order valence-electron chi connectivity index (χ2n) is 3.29. The van der Waals surface area contributed by atoms with Crippen LogP contribution in [0.3, 0.4) is 0 Å². The van der Waals surface area contributed by atoms with Gasteiger partial charge in [-0.15, -0.1) is 0 Å². The van der Waals surface area contributed by atoms with Gasteiger partial charge in [-0.05, 0) is 24.8 Å². The van der Waals surface area contributed by atoms with Gasteiger partial charge in [0.25, 0.3) is 0 Å². The molecule has 0 amide bonds. The molecule has 1 N–H and O–H groups in total. The molecule has 0 saturated heterocycles. The van der Waals surface area contributed by atoms with Crippen molar-refractivity contribution in [3.05, 3.63) is 17.5 Å². The molecule has 1 aromatic rings. The van der Waals surface area contributed by atoms with Gasteiger partial charge in [0.1, 0.15) is 0 Å². The van der Waals surface area contributed by atoms with E-state index in [1.807, 2.05) is 6.20 Å². The highest BCUT2D eigenvalue weighted by molar-refractivity contribution is 5.21. The summed E-state index contributed by atoms with van der Waals surface area (Å²) in [4.78, 5) is 0. The van der Waals surface area contributed by atoms with Crippen LogP contribution in [0.1, 0.15) is 43.4 Å². The van der Waals surface area contributed by atoms with Gasteiger partial charge in [-0.25, -0.2) is 0 Å². The average molecular weight is 150 g/mol. The van der Waals surface area contributed by atoms with E-state index < -0.39 is 0 Å². The number of hydrogen-bond acceptors (Lipinski definition) is 1. The van der Waals surface area contributed by atoms with Crippen LogP contribution in [0.15, 0.2) is 6.20 Å². The fraction of sp³-hybridized carbons (Fsp3) is 0.667. The minimum Gasteiger partial charge on any atom is -0.282 e. The molecule has 0 aliphatic heterocycles. The summed E-state index contributed by atoms with van der Waals surface area (Å²) in [6, 6.07) is 0. The van der Waals surface area contributed by atoms with E-state index in [1.165, 1.54) is 30.5 Å². The molecule has 1 fully saturated rings. The van der Waals surface area contributed by atoms with Crippen molar-refractivity contribution in [2.45, 2.75) is 38.5 Å². The Morgan fingerprint density at radius 2 is 2.45 bits per heavy atom. The molecule has 0 aromatic carbocycles. The number of H-pyrrole nitrogens is 1. The lowest BCUT2D eigenvalue weighted by atomic mass is 9.81. The van der Waals surface area contributed by atoms with Crippen LogP contribution in [-0.2, 0) is 6.42 Å². The molecule has 0 bridgehead atoms. The summed E-state index contributed by atoms with van der Waals surface area (Å²) in [5.74, 6) is 0.799. The monoisotopic (exact) mass is 150 g/mol. The van der Waals surface area contributed by atoms with Crippen LogP contribution in [0.5, 0.6) is 0 Å². The SMILES string of the molecule is CCc1cn[nH]c1C1CCC1. The summed E-state index contributed by atoms with van der Waals surface area (Å²) >= 11 is 0. The van der Waals surface area contributed by atoms with E-state index in [2.05, 4.69) is 17.1 Å². The highest BCUT2D eigenvalue weighted by Gasteiger charge is 2.22. The quantitative estimate of drug-likeness (QED) is 0.688. The van der Waals surface area contributed by atoms with Crippen molar-refractivity contribution >= 4 is 0 Å². The first-order chi connectivity index (χ1) is 5.42. The van der Waals surface area contributed by atoms with Gasteiger partial charge in [0.2, 0.25) is 0 Å². The molecular formula is C9H14N2. The Morgan fingerprint density at radius 1 is 1.64 bits per heavy atom. The minimum atomic E-state index is 0.799. The van der Waals surface area contributed by atoms with E-state index in [9.17, 15) is 0 Å². The molecule has 0 spiro atoms. The number of hydrogen-bond donors (Lipinski definition) is 1. The predicted octanol–water partition coefficient (Wildman–Crippen LogP) is 2.24. The zero-order valence-electron chi connectivity index (χ0n) is 6.93. The summed E-state index contributed by atoms with van der Waals surface area (Å²) < 4.78 is 0. The first-order valence-electron chi connectivity index (χ1n) is 4.44. The summed E-state index contributed by atoms with van der Waals surface area (Å²) in [5.41, 5.74) is 2.81. The van der Waals surface area contributed by atoms with Crippen molar-refractivity contribution in [2.75, 3.05) is 0 Å². The standard InChI is InChI=1S/C9H14N2/c1-2-7-6-10-11-9(7)8-4-3-5-8/h6,8H,2-5H2,1H3,(H,10,11).